The van der Waals surface area contributed by atoms with Crippen molar-refractivity contribution in [3.63, 3.8) is 0 Å². The Morgan fingerprint density at radius 3 is 2.24 bits per heavy atom. The van der Waals surface area contributed by atoms with E-state index in [0.29, 0.717) is 13.1 Å². The lowest BCUT2D eigenvalue weighted by molar-refractivity contribution is -0.325. The second-order valence-corrected chi connectivity index (χ2v) is 6.06. The van der Waals surface area contributed by atoms with Gasteiger partial charge in [-0.05, 0) is 44.6 Å². The van der Waals surface area contributed by atoms with Crippen molar-refractivity contribution in [1.82, 2.24) is 4.90 Å². The van der Waals surface area contributed by atoms with Crippen molar-refractivity contribution < 1.29 is 17.9 Å². The summed E-state index contributed by atoms with van der Waals surface area (Å²) < 4.78 is 40.4. The Kier molecular flexibility index (Phi) is 7.44. The molecule has 0 aromatic heterocycles. The first-order chi connectivity index (χ1) is 9.87. The summed E-state index contributed by atoms with van der Waals surface area (Å²) in [7, 11) is 0. The summed E-state index contributed by atoms with van der Waals surface area (Å²) >= 11 is 0. The molecule has 0 amide bonds. The molecule has 0 spiro atoms. The zero-order valence-electron chi connectivity index (χ0n) is 13.2. The minimum Gasteiger partial charge on any atom is -0.329 e. The molecule has 21 heavy (non-hydrogen) atoms. The van der Waals surface area contributed by atoms with Gasteiger partial charge in [0.15, 0.2) is 0 Å². The maximum Gasteiger partial charge on any atom is 0.522 e. The standard InChI is InChI=1S/C15H29F3N2O/c1-3-9-20(10-11-21-15(16,17)18)14(12-19)7-5-13(4-2)6-8-14/h13H,3-12,19H2,1-2H3. The molecule has 1 fully saturated rings. The van der Waals surface area contributed by atoms with E-state index >= 15 is 0 Å². The summed E-state index contributed by atoms with van der Waals surface area (Å²) in [4.78, 5) is 2.13. The van der Waals surface area contributed by atoms with E-state index in [0.717, 1.165) is 44.6 Å². The summed E-state index contributed by atoms with van der Waals surface area (Å²) in [6.07, 6.45) is 1.73. The fraction of sp³-hybridized carbons (Fsp3) is 1.00. The van der Waals surface area contributed by atoms with Crippen LogP contribution in [0, 0.1) is 5.92 Å². The van der Waals surface area contributed by atoms with Crippen molar-refractivity contribution in [3.8, 4) is 0 Å². The number of ether oxygens (including phenoxy) is 1. The van der Waals surface area contributed by atoms with Gasteiger partial charge in [-0.15, -0.1) is 13.2 Å². The van der Waals surface area contributed by atoms with Crippen LogP contribution < -0.4 is 5.73 Å². The highest BCUT2D eigenvalue weighted by Gasteiger charge is 2.39. The second-order valence-electron chi connectivity index (χ2n) is 6.06. The van der Waals surface area contributed by atoms with Crippen molar-refractivity contribution in [2.75, 3.05) is 26.2 Å². The molecule has 0 bridgehead atoms. The third kappa shape index (κ3) is 5.75. The molecule has 1 aliphatic rings. The number of rotatable bonds is 8. The number of hydrogen-bond donors (Lipinski definition) is 1. The molecule has 3 nitrogen and oxygen atoms in total. The molecule has 0 heterocycles. The van der Waals surface area contributed by atoms with Crippen molar-refractivity contribution in [3.05, 3.63) is 0 Å². The van der Waals surface area contributed by atoms with Crippen LogP contribution in [0.4, 0.5) is 13.2 Å². The molecule has 2 N–H and O–H groups in total. The quantitative estimate of drug-likeness (QED) is 0.745. The molecule has 0 aromatic rings. The van der Waals surface area contributed by atoms with Crippen molar-refractivity contribution in [1.29, 1.82) is 0 Å². The fourth-order valence-corrected chi connectivity index (χ4v) is 3.40. The molecule has 1 aliphatic carbocycles. The van der Waals surface area contributed by atoms with Gasteiger partial charge in [0.1, 0.15) is 0 Å². The lowest BCUT2D eigenvalue weighted by Crippen LogP contribution is -2.57. The van der Waals surface area contributed by atoms with Crippen LogP contribution in [0.15, 0.2) is 0 Å². The van der Waals surface area contributed by atoms with Crippen LogP contribution in [0.2, 0.25) is 0 Å². The Balaban J connectivity index is 2.63. The topological polar surface area (TPSA) is 38.5 Å². The molecule has 0 atom stereocenters. The highest BCUT2D eigenvalue weighted by molar-refractivity contribution is 4.95. The Bertz CT molecular complexity index is 289. The maximum absolute atomic E-state index is 12.1. The predicted octanol–water partition coefficient (Wildman–Crippen LogP) is 3.53. The average Bonchev–Trinajstić information content (AvgIpc) is 2.45. The molecule has 1 saturated carbocycles. The molecule has 0 saturated heterocycles. The van der Waals surface area contributed by atoms with Gasteiger partial charge < -0.3 is 5.73 Å². The van der Waals surface area contributed by atoms with E-state index < -0.39 is 6.36 Å². The molecule has 1 rings (SSSR count). The van der Waals surface area contributed by atoms with Crippen molar-refractivity contribution in [2.45, 2.75) is 64.3 Å². The molecule has 0 unspecified atom stereocenters. The van der Waals surface area contributed by atoms with Gasteiger partial charge in [-0.2, -0.15) is 0 Å². The Hall–Kier alpha value is -0.330. The van der Waals surface area contributed by atoms with Gasteiger partial charge >= 0.3 is 6.36 Å². The fourth-order valence-electron chi connectivity index (χ4n) is 3.40. The third-order valence-corrected chi connectivity index (χ3v) is 4.78. The number of hydrogen-bond acceptors (Lipinski definition) is 3. The van der Waals surface area contributed by atoms with E-state index in [1.165, 1.54) is 6.42 Å². The van der Waals surface area contributed by atoms with Gasteiger partial charge in [0, 0.05) is 18.6 Å². The Labute approximate surface area is 126 Å². The highest BCUT2D eigenvalue weighted by atomic mass is 19.4. The molecule has 0 aliphatic heterocycles. The van der Waals surface area contributed by atoms with Crippen LogP contribution in [-0.4, -0.2) is 43.0 Å². The molecular weight excluding hydrogens is 281 g/mol. The van der Waals surface area contributed by atoms with Crippen LogP contribution in [-0.2, 0) is 4.74 Å². The molecule has 0 aromatic carbocycles. The number of halogens is 3. The minimum absolute atomic E-state index is 0.142. The number of alkyl halides is 3. The predicted molar refractivity (Wildman–Crippen MR) is 77.9 cm³/mol. The zero-order chi connectivity index (χ0) is 15.9. The van der Waals surface area contributed by atoms with Gasteiger partial charge in [-0.25, -0.2) is 0 Å². The van der Waals surface area contributed by atoms with E-state index in [-0.39, 0.29) is 12.1 Å². The zero-order valence-corrected chi connectivity index (χ0v) is 13.2. The molecule has 6 heteroatoms. The summed E-state index contributed by atoms with van der Waals surface area (Å²) in [5.74, 6) is 0.736. The van der Waals surface area contributed by atoms with Crippen LogP contribution in [0.3, 0.4) is 0 Å². The normalized spacial score (nSPS) is 27.3. The highest BCUT2D eigenvalue weighted by Crippen LogP contribution is 2.37. The van der Waals surface area contributed by atoms with E-state index in [9.17, 15) is 13.2 Å². The summed E-state index contributed by atoms with van der Waals surface area (Å²) in [5, 5.41) is 0. The maximum atomic E-state index is 12.1. The Morgan fingerprint density at radius 2 is 1.81 bits per heavy atom. The molecule has 0 radical (unpaired) electrons. The molecule has 126 valence electrons. The van der Waals surface area contributed by atoms with Crippen LogP contribution >= 0.6 is 0 Å². The van der Waals surface area contributed by atoms with Gasteiger partial charge in [0.25, 0.3) is 0 Å². The third-order valence-electron chi connectivity index (χ3n) is 4.78. The van der Waals surface area contributed by atoms with Gasteiger partial charge in [0.2, 0.25) is 0 Å². The van der Waals surface area contributed by atoms with Gasteiger partial charge in [0.05, 0.1) is 6.61 Å². The van der Waals surface area contributed by atoms with Gasteiger partial charge in [-0.1, -0.05) is 20.3 Å². The van der Waals surface area contributed by atoms with Crippen molar-refractivity contribution in [2.24, 2.45) is 11.7 Å². The van der Waals surface area contributed by atoms with Crippen LogP contribution in [0.1, 0.15) is 52.4 Å². The summed E-state index contributed by atoms with van der Waals surface area (Å²) in [5.41, 5.74) is 5.87. The largest absolute Gasteiger partial charge is 0.522 e. The Morgan fingerprint density at radius 1 is 1.19 bits per heavy atom. The van der Waals surface area contributed by atoms with Gasteiger partial charge in [-0.3, -0.25) is 9.64 Å². The first kappa shape index (κ1) is 18.7. The SMILES string of the molecule is CCCN(CCOC(F)(F)F)C1(CN)CCC(CC)CC1. The van der Waals surface area contributed by atoms with Crippen molar-refractivity contribution >= 4 is 0 Å². The lowest BCUT2D eigenvalue weighted by Gasteiger charge is -2.47. The first-order valence-electron chi connectivity index (χ1n) is 8.02. The number of nitrogens with two attached hydrogens (primary N) is 1. The van der Waals surface area contributed by atoms with E-state index in [1.807, 2.05) is 6.92 Å². The van der Waals surface area contributed by atoms with E-state index in [1.54, 1.807) is 0 Å². The van der Waals surface area contributed by atoms with E-state index in [4.69, 9.17) is 5.73 Å². The summed E-state index contributed by atoms with van der Waals surface area (Å²) in [6, 6.07) is 0. The second kappa shape index (κ2) is 8.34. The number of nitrogens with zero attached hydrogens (tertiary/aromatic N) is 1. The monoisotopic (exact) mass is 310 g/mol. The minimum atomic E-state index is -4.55. The molecular formula is C15H29F3N2O. The summed E-state index contributed by atoms with van der Waals surface area (Å²) in [6.45, 7) is 5.50. The van der Waals surface area contributed by atoms with E-state index in [2.05, 4.69) is 16.6 Å². The van der Waals surface area contributed by atoms with Crippen LogP contribution in [0.5, 0.6) is 0 Å². The van der Waals surface area contributed by atoms with Crippen LogP contribution in [0.25, 0.3) is 0 Å². The lowest BCUT2D eigenvalue weighted by atomic mass is 9.74. The first-order valence-corrected chi connectivity index (χ1v) is 8.02. The smallest absolute Gasteiger partial charge is 0.329 e. The average molecular weight is 310 g/mol.